The van der Waals surface area contributed by atoms with Crippen molar-refractivity contribution >= 4 is 17.7 Å². The third kappa shape index (κ3) is 4.71. The third-order valence-electron chi connectivity index (χ3n) is 4.06. The number of hydrogen-bond acceptors (Lipinski definition) is 3. The normalized spacial score (nSPS) is 17.5. The van der Waals surface area contributed by atoms with Crippen LogP contribution in [-0.2, 0) is 4.79 Å². The molecule has 0 aliphatic carbocycles. The summed E-state index contributed by atoms with van der Waals surface area (Å²) >= 11 is 1.76. The van der Waals surface area contributed by atoms with Gasteiger partial charge in [0.05, 0.1) is 11.8 Å². The van der Waals surface area contributed by atoms with Gasteiger partial charge < -0.3 is 10.2 Å². The fourth-order valence-electron chi connectivity index (χ4n) is 2.43. The van der Waals surface area contributed by atoms with Crippen molar-refractivity contribution in [2.24, 2.45) is 0 Å². The molecule has 3 nitrogen and oxygen atoms in total. The van der Waals surface area contributed by atoms with Crippen molar-refractivity contribution in [1.29, 1.82) is 0 Å². The first-order chi connectivity index (χ1) is 10.1. The molecule has 0 spiro atoms. The number of rotatable bonds is 5. The molecule has 1 aliphatic rings. The second-order valence-electron chi connectivity index (χ2n) is 5.49. The lowest BCUT2D eigenvalue weighted by Crippen LogP contribution is -2.33. The predicted octanol–water partition coefficient (Wildman–Crippen LogP) is 2.83. The zero-order valence-corrected chi connectivity index (χ0v) is 13.5. The maximum Gasteiger partial charge on any atom is 0.232 e. The monoisotopic (exact) mass is 310 g/mol. The minimum absolute atomic E-state index is 0.0354. The van der Waals surface area contributed by atoms with Crippen molar-refractivity contribution in [2.75, 3.05) is 25.9 Å². The maximum atomic E-state index is 12.9. The van der Waals surface area contributed by atoms with Gasteiger partial charge in [0.1, 0.15) is 5.82 Å². The molecule has 1 saturated heterocycles. The van der Waals surface area contributed by atoms with Crippen LogP contribution in [0.25, 0.3) is 0 Å². The van der Waals surface area contributed by atoms with E-state index in [-0.39, 0.29) is 17.8 Å². The number of benzene rings is 1. The number of halogens is 1. The fraction of sp³-hybridized carbons (Fsp3) is 0.562. The minimum Gasteiger partial charge on any atom is -0.338 e. The summed E-state index contributed by atoms with van der Waals surface area (Å²) in [4.78, 5) is 14.0. The zero-order chi connectivity index (χ0) is 15.2. The molecule has 2 rings (SSSR count). The van der Waals surface area contributed by atoms with E-state index in [1.54, 1.807) is 28.8 Å². The van der Waals surface area contributed by atoms with Crippen molar-refractivity contribution in [3.63, 3.8) is 0 Å². The van der Waals surface area contributed by atoms with Gasteiger partial charge >= 0.3 is 0 Å². The van der Waals surface area contributed by atoms with Gasteiger partial charge in [0, 0.05) is 12.3 Å². The van der Waals surface area contributed by atoms with Gasteiger partial charge in [-0.25, -0.2) is 4.39 Å². The number of hydrogen-bond donors (Lipinski definition) is 1. The van der Waals surface area contributed by atoms with Crippen LogP contribution in [-0.4, -0.2) is 41.9 Å². The van der Waals surface area contributed by atoms with Crippen molar-refractivity contribution in [3.8, 4) is 0 Å². The molecule has 0 saturated carbocycles. The van der Waals surface area contributed by atoms with E-state index in [1.807, 2.05) is 14.0 Å². The Kier molecular flexibility index (Phi) is 6.06. The standard InChI is InChI=1S/C16H23FN2OS/c1-12(13-3-5-14(17)6-4-13)19(2)16(20)11-21-15-7-9-18-10-8-15/h3-6,12,15,18H,7-11H2,1-2H3. The van der Waals surface area contributed by atoms with E-state index in [2.05, 4.69) is 5.32 Å². The van der Waals surface area contributed by atoms with Gasteiger partial charge in [0.2, 0.25) is 5.91 Å². The first-order valence-electron chi connectivity index (χ1n) is 7.41. The van der Waals surface area contributed by atoms with Crippen LogP contribution in [0.3, 0.4) is 0 Å². The van der Waals surface area contributed by atoms with E-state index < -0.39 is 0 Å². The molecule has 1 aromatic rings. The number of thioether (sulfide) groups is 1. The first-order valence-corrected chi connectivity index (χ1v) is 8.46. The van der Waals surface area contributed by atoms with E-state index >= 15 is 0 Å². The highest BCUT2D eigenvalue weighted by atomic mass is 32.2. The molecule has 1 heterocycles. The number of carbonyl (C=O) groups excluding carboxylic acids is 1. The Labute approximate surface area is 130 Å². The van der Waals surface area contributed by atoms with Crippen LogP contribution in [0.4, 0.5) is 4.39 Å². The zero-order valence-electron chi connectivity index (χ0n) is 12.6. The second kappa shape index (κ2) is 7.80. The van der Waals surface area contributed by atoms with E-state index in [9.17, 15) is 9.18 Å². The molecule has 0 aromatic heterocycles. The molecule has 1 aliphatic heterocycles. The van der Waals surface area contributed by atoms with Crippen LogP contribution < -0.4 is 5.32 Å². The molecule has 1 aromatic carbocycles. The van der Waals surface area contributed by atoms with E-state index in [1.165, 1.54) is 12.1 Å². The molecule has 116 valence electrons. The molecule has 1 N–H and O–H groups in total. The second-order valence-corrected chi connectivity index (χ2v) is 6.78. The Hall–Kier alpha value is -1.07. The highest BCUT2D eigenvalue weighted by Gasteiger charge is 2.20. The number of nitrogens with zero attached hydrogens (tertiary/aromatic N) is 1. The smallest absolute Gasteiger partial charge is 0.232 e. The highest BCUT2D eigenvalue weighted by Crippen LogP contribution is 2.23. The quantitative estimate of drug-likeness (QED) is 0.907. The summed E-state index contributed by atoms with van der Waals surface area (Å²) in [6, 6.07) is 6.32. The third-order valence-corrected chi connectivity index (χ3v) is 5.41. The van der Waals surface area contributed by atoms with E-state index in [0.29, 0.717) is 11.0 Å². The van der Waals surface area contributed by atoms with Crippen LogP contribution in [0.15, 0.2) is 24.3 Å². The molecule has 1 amide bonds. The van der Waals surface area contributed by atoms with Crippen LogP contribution in [0.1, 0.15) is 31.4 Å². The van der Waals surface area contributed by atoms with Gasteiger partial charge in [0.15, 0.2) is 0 Å². The molecule has 5 heteroatoms. The van der Waals surface area contributed by atoms with Crippen LogP contribution in [0.2, 0.25) is 0 Å². The largest absolute Gasteiger partial charge is 0.338 e. The molecule has 1 fully saturated rings. The number of piperidine rings is 1. The van der Waals surface area contributed by atoms with Gasteiger partial charge in [0.25, 0.3) is 0 Å². The van der Waals surface area contributed by atoms with Gasteiger partial charge in [-0.2, -0.15) is 0 Å². The van der Waals surface area contributed by atoms with Crippen LogP contribution in [0.5, 0.6) is 0 Å². The lowest BCUT2D eigenvalue weighted by atomic mass is 10.1. The Morgan fingerprint density at radius 2 is 2.00 bits per heavy atom. The first kappa shape index (κ1) is 16.3. The molecule has 21 heavy (non-hydrogen) atoms. The number of amides is 1. The van der Waals surface area contributed by atoms with E-state index in [0.717, 1.165) is 31.5 Å². The summed E-state index contributed by atoms with van der Waals surface area (Å²) in [5, 5.41) is 3.92. The average molecular weight is 310 g/mol. The lowest BCUT2D eigenvalue weighted by Gasteiger charge is -2.27. The number of carbonyl (C=O) groups is 1. The van der Waals surface area contributed by atoms with Crippen molar-refractivity contribution in [1.82, 2.24) is 10.2 Å². The van der Waals surface area contributed by atoms with Crippen molar-refractivity contribution < 1.29 is 9.18 Å². The molecule has 0 bridgehead atoms. The topological polar surface area (TPSA) is 32.3 Å². The number of nitrogens with one attached hydrogen (secondary N) is 1. The Morgan fingerprint density at radius 3 is 2.62 bits per heavy atom. The Bertz CT molecular complexity index is 460. The van der Waals surface area contributed by atoms with Crippen molar-refractivity contribution in [3.05, 3.63) is 35.6 Å². The summed E-state index contributed by atoms with van der Waals surface area (Å²) in [5.41, 5.74) is 0.958. The van der Waals surface area contributed by atoms with Crippen LogP contribution >= 0.6 is 11.8 Å². The molecule has 1 unspecified atom stereocenters. The fourth-order valence-corrected chi connectivity index (χ4v) is 3.58. The molecule has 1 atom stereocenters. The summed E-state index contributed by atoms with van der Waals surface area (Å²) < 4.78 is 12.9. The van der Waals surface area contributed by atoms with Gasteiger partial charge in [-0.15, -0.1) is 11.8 Å². The summed E-state index contributed by atoms with van der Waals surface area (Å²) in [5.74, 6) is 0.406. The summed E-state index contributed by atoms with van der Waals surface area (Å²) in [6.07, 6.45) is 2.27. The van der Waals surface area contributed by atoms with Gasteiger partial charge in [-0.1, -0.05) is 12.1 Å². The Morgan fingerprint density at radius 1 is 1.38 bits per heavy atom. The SMILES string of the molecule is CC(c1ccc(F)cc1)N(C)C(=O)CSC1CCNCC1. The Balaban J connectivity index is 1.84. The van der Waals surface area contributed by atoms with E-state index in [4.69, 9.17) is 0 Å². The van der Waals surface area contributed by atoms with Crippen molar-refractivity contribution in [2.45, 2.75) is 31.1 Å². The molecule has 0 radical (unpaired) electrons. The van der Waals surface area contributed by atoms with Gasteiger partial charge in [-0.3, -0.25) is 4.79 Å². The minimum atomic E-state index is -0.249. The average Bonchev–Trinajstić information content (AvgIpc) is 2.53. The highest BCUT2D eigenvalue weighted by molar-refractivity contribution is 8.00. The summed E-state index contributed by atoms with van der Waals surface area (Å²) in [6.45, 7) is 4.07. The molecular formula is C16H23FN2OS. The summed E-state index contributed by atoms with van der Waals surface area (Å²) in [7, 11) is 1.82. The lowest BCUT2D eigenvalue weighted by molar-refractivity contribution is -0.128. The predicted molar refractivity (Wildman–Crippen MR) is 85.9 cm³/mol. The van der Waals surface area contributed by atoms with Crippen LogP contribution in [0, 0.1) is 5.82 Å². The maximum absolute atomic E-state index is 12.9. The van der Waals surface area contributed by atoms with Gasteiger partial charge in [-0.05, 0) is 50.6 Å². The molecular weight excluding hydrogens is 287 g/mol.